The largest absolute Gasteiger partial charge is 0.371 e. The highest BCUT2D eigenvalue weighted by molar-refractivity contribution is 6.32. The van der Waals surface area contributed by atoms with E-state index in [1.165, 1.54) is 16.8 Å². The number of aromatic nitrogens is 2. The van der Waals surface area contributed by atoms with Gasteiger partial charge in [-0.25, -0.2) is 0 Å². The molecule has 288 valence electrons. The lowest BCUT2D eigenvalue weighted by Crippen LogP contribution is -2.54. The van der Waals surface area contributed by atoms with Crippen LogP contribution in [-0.4, -0.2) is 81.5 Å². The molecule has 3 saturated heterocycles. The van der Waals surface area contributed by atoms with Crippen LogP contribution in [0.15, 0.2) is 60.7 Å². The van der Waals surface area contributed by atoms with Crippen molar-refractivity contribution in [3.8, 4) is 29.2 Å². The number of likely N-dealkylation sites (tertiary alicyclic amines) is 1. The number of fused-ring (bicyclic) bond motifs is 2. The van der Waals surface area contributed by atoms with Crippen LogP contribution >= 0.6 is 11.6 Å². The second-order valence-corrected chi connectivity index (χ2v) is 16.2. The summed E-state index contributed by atoms with van der Waals surface area (Å²) in [6.45, 7) is 4.46. The van der Waals surface area contributed by atoms with Crippen LogP contribution in [0.5, 0.6) is 0 Å². The van der Waals surface area contributed by atoms with Crippen molar-refractivity contribution in [3.63, 3.8) is 0 Å². The van der Waals surface area contributed by atoms with Gasteiger partial charge in [0, 0.05) is 59.5 Å². The molecule has 3 fully saturated rings. The van der Waals surface area contributed by atoms with Gasteiger partial charge in [0.1, 0.15) is 12.1 Å². The molecule has 5 aliphatic rings. The van der Waals surface area contributed by atoms with Crippen LogP contribution in [0, 0.1) is 29.1 Å². The minimum absolute atomic E-state index is 0.0997. The van der Waals surface area contributed by atoms with Gasteiger partial charge >= 0.3 is 0 Å². The van der Waals surface area contributed by atoms with E-state index in [2.05, 4.69) is 62.0 Å². The number of hydrogen-bond acceptors (Lipinski definition) is 8. The van der Waals surface area contributed by atoms with E-state index in [0.29, 0.717) is 40.2 Å². The van der Waals surface area contributed by atoms with Crippen LogP contribution in [0.25, 0.3) is 11.3 Å². The quantitative estimate of drug-likeness (QED) is 0.194. The summed E-state index contributed by atoms with van der Waals surface area (Å²) in [4.78, 5) is 56.4. The first kappa shape index (κ1) is 36.9. The van der Waals surface area contributed by atoms with Crippen molar-refractivity contribution in [2.75, 3.05) is 31.1 Å². The maximum Gasteiger partial charge on any atom is 0.262 e. The van der Waals surface area contributed by atoms with Crippen molar-refractivity contribution in [1.82, 2.24) is 24.9 Å². The fraction of sp³-hybridized carbons (Fsp3) is 0.378. The van der Waals surface area contributed by atoms with Gasteiger partial charge in [0.05, 0.1) is 34.0 Å². The van der Waals surface area contributed by atoms with E-state index in [1.807, 2.05) is 18.2 Å². The van der Waals surface area contributed by atoms with Crippen LogP contribution < -0.4 is 10.2 Å². The Morgan fingerprint density at radius 3 is 2.33 bits per heavy atom. The number of carbonyl (C=O) groups is 4. The van der Waals surface area contributed by atoms with Crippen LogP contribution in [0.3, 0.4) is 0 Å². The first-order chi connectivity index (χ1) is 27.7. The maximum absolute atomic E-state index is 13.3. The lowest BCUT2D eigenvalue weighted by atomic mass is 9.93. The fourth-order valence-electron chi connectivity index (χ4n) is 9.23. The number of benzene rings is 3. The molecule has 0 radical (unpaired) electrons. The van der Waals surface area contributed by atoms with Crippen LogP contribution in [-0.2, 0) is 29.0 Å². The Labute approximate surface area is 336 Å². The zero-order valence-electron chi connectivity index (χ0n) is 31.6. The summed E-state index contributed by atoms with van der Waals surface area (Å²) >= 11 is 6.36. The third kappa shape index (κ3) is 7.11. The Bertz CT molecular complexity index is 2410. The maximum atomic E-state index is 13.3. The number of nitrogens with zero attached hydrogens (tertiary/aromatic N) is 6. The van der Waals surface area contributed by atoms with Crippen molar-refractivity contribution >= 4 is 40.9 Å². The van der Waals surface area contributed by atoms with Crippen LogP contribution in [0.1, 0.15) is 93.6 Å². The lowest BCUT2D eigenvalue weighted by Gasteiger charge is -2.42. The number of rotatable bonds is 6. The highest BCUT2D eigenvalue weighted by Gasteiger charge is 2.45. The molecular weight excluding hydrogens is 738 g/mol. The summed E-state index contributed by atoms with van der Waals surface area (Å²) in [5.74, 6) is 5.43. The molecule has 1 aromatic heterocycles. The molecule has 9 rings (SSSR count). The van der Waals surface area contributed by atoms with Gasteiger partial charge in [0.25, 0.3) is 11.8 Å². The minimum Gasteiger partial charge on any atom is -0.371 e. The van der Waals surface area contributed by atoms with Crippen molar-refractivity contribution in [1.29, 1.82) is 5.26 Å². The molecule has 4 amide bonds. The summed E-state index contributed by atoms with van der Waals surface area (Å²) < 4.78 is 2.13. The third-order valence-corrected chi connectivity index (χ3v) is 12.7. The number of imide groups is 2. The van der Waals surface area contributed by atoms with Gasteiger partial charge < -0.3 is 9.80 Å². The Hall–Kier alpha value is -5.75. The standard InChI is InChI=1S/C45H42ClN7O4/c46-38-24-31(10-11-32(38)26-47)42-36-2-1-3-39(36)52(49-42)27-30-8-6-28(7-9-30)4-5-29-16-20-50(21-17-29)33-18-22-51(23-19-33)34-12-13-35-37(25-34)45(57)53(44(35)56)40-14-15-41(54)48-43(40)55/h6-13,24-25,29,33,40H,1-3,14-23,27H2,(H,48,54,55). The van der Waals surface area contributed by atoms with Gasteiger partial charge in [-0.3, -0.25) is 34.1 Å². The molecule has 5 heterocycles. The van der Waals surface area contributed by atoms with E-state index in [9.17, 15) is 24.4 Å². The molecular formula is C45H42ClN7O4. The topological polar surface area (TPSA) is 132 Å². The normalized spacial score (nSPS) is 20.2. The predicted molar refractivity (Wildman–Crippen MR) is 214 cm³/mol. The summed E-state index contributed by atoms with van der Waals surface area (Å²) in [5.41, 5.74) is 8.69. The SMILES string of the molecule is N#Cc1ccc(-c2nn(Cc3ccc(C#CC4CCN(C5CCN(c6ccc7c(c6)C(=O)N(C6CCC(=O)NC6=O)C7=O)CC5)CC4)cc3)c3c2CCC3)cc1Cl. The number of nitrogens with one attached hydrogen (secondary N) is 1. The molecule has 11 nitrogen and oxygen atoms in total. The predicted octanol–water partition coefficient (Wildman–Crippen LogP) is 5.75. The van der Waals surface area contributed by atoms with E-state index in [0.717, 1.165) is 98.5 Å². The number of amides is 4. The fourth-order valence-corrected chi connectivity index (χ4v) is 9.45. The van der Waals surface area contributed by atoms with Gasteiger partial charge in [-0.2, -0.15) is 10.4 Å². The monoisotopic (exact) mass is 779 g/mol. The molecule has 0 saturated carbocycles. The van der Waals surface area contributed by atoms with Crippen molar-refractivity contribution in [3.05, 3.63) is 105 Å². The highest BCUT2D eigenvalue weighted by Crippen LogP contribution is 2.35. The average molecular weight is 780 g/mol. The van der Waals surface area contributed by atoms with Crippen molar-refractivity contribution in [2.45, 2.75) is 76.4 Å². The minimum atomic E-state index is -0.963. The molecule has 0 bridgehead atoms. The molecule has 4 aliphatic heterocycles. The Kier molecular flexibility index (Phi) is 9.90. The molecule has 1 N–H and O–H groups in total. The van der Waals surface area contributed by atoms with Gasteiger partial charge in [-0.05, 0) is 112 Å². The third-order valence-electron chi connectivity index (χ3n) is 12.4. The number of carbonyl (C=O) groups excluding carboxylic acids is 4. The number of anilines is 1. The first-order valence-corrected chi connectivity index (χ1v) is 20.4. The van der Waals surface area contributed by atoms with Gasteiger partial charge in [0.15, 0.2) is 0 Å². The average Bonchev–Trinajstić information content (AvgIpc) is 3.91. The molecule has 1 aliphatic carbocycles. The second kappa shape index (κ2) is 15.3. The van der Waals surface area contributed by atoms with Crippen LogP contribution in [0.2, 0.25) is 5.02 Å². The van der Waals surface area contributed by atoms with E-state index >= 15 is 0 Å². The van der Waals surface area contributed by atoms with Crippen molar-refractivity contribution < 1.29 is 19.2 Å². The molecule has 3 aromatic carbocycles. The Morgan fingerprint density at radius 1 is 0.825 bits per heavy atom. The second-order valence-electron chi connectivity index (χ2n) is 15.8. The summed E-state index contributed by atoms with van der Waals surface area (Å²) in [5, 5.41) is 17.0. The first-order valence-electron chi connectivity index (χ1n) is 20.0. The van der Waals surface area contributed by atoms with Crippen molar-refractivity contribution in [2.24, 2.45) is 5.92 Å². The highest BCUT2D eigenvalue weighted by atomic mass is 35.5. The van der Waals surface area contributed by atoms with E-state index in [4.69, 9.17) is 16.7 Å². The summed E-state index contributed by atoms with van der Waals surface area (Å²) in [7, 11) is 0. The van der Waals surface area contributed by atoms with E-state index in [1.54, 1.807) is 18.2 Å². The van der Waals surface area contributed by atoms with E-state index < -0.39 is 23.8 Å². The van der Waals surface area contributed by atoms with Crippen LogP contribution in [0.4, 0.5) is 5.69 Å². The Balaban J connectivity index is 0.762. The Morgan fingerprint density at radius 2 is 1.60 bits per heavy atom. The molecule has 1 atom stereocenters. The smallest absolute Gasteiger partial charge is 0.262 e. The summed E-state index contributed by atoms with van der Waals surface area (Å²) in [6, 6.07) is 21.1. The van der Waals surface area contributed by atoms with Gasteiger partial charge in [-0.1, -0.05) is 41.6 Å². The zero-order chi connectivity index (χ0) is 39.2. The summed E-state index contributed by atoms with van der Waals surface area (Å²) in [6.07, 6.45) is 7.49. The molecule has 1 unspecified atom stereocenters. The molecule has 4 aromatic rings. The zero-order valence-corrected chi connectivity index (χ0v) is 32.4. The lowest BCUT2D eigenvalue weighted by molar-refractivity contribution is -0.136. The number of hydrogen-bond donors (Lipinski definition) is 1. The number of nitriles is 1. The van der Waals surface area contributed by atoms with Gasteiger partial charge in [0.2, 0.25) is 11.8 Å². The number of halogens is 1. The molecule has 0 spiro atoms. The molecule has 57 heavy (non-hydrogen) atoms. The van der Waals surface area contributed by atoms with E-state index in [-0.39, 0.29) is 18.7 Å². The van der Waals surface area contributed by atoms with Gasteiger partial charge in [-0.15, -0.1) is 0 Å². The molecule has 12 heteroatoms. The number of piperidine rings is 3.